The van der Waals surface area contributed by atoms with E-state index in [1.165, 1.54) is 36.4 Å². The van der Waals surface area contributed by atoms with Gasteiger partial charge in [-0.15, -0.1) is 0 Å². The number of fused-ring (bicyclic) bond motifs is 1. The van der Waals surface area contributed by atoms with Crippen molar-refractivity contribution in [2.24, 2.45) is 0 Å². The van der Waals surface area contributed by atoms with Crippen molar-refractivity contribution < 1.29 is 37.0 Å². The molecule has 0 radical (unpaired) electrons. The average molecular weight is 505 g/mol. The van der Waals surface area contributed by atoms with Crippen LogP contribution in [0, 0.1) is 0 Å². The van der Waals surface area contributed by atoms with Gasteiger partial charge in [0.25, 0.3) is 5.76 Å². The van der Waals surface area contributed by atoms with E-state index in [1.807, 2.05) is 11.8 Å². The number of hydrogen-bond donors (Lipinski definition) is 1. The summed E-state index contributed by atoms with van der Waals surface area (Å²) in [7, 11) is 0. The molecule has 2 heterocycles. The van der Waals surface area contributed by atoms with E-state index in [1.54, 1.807) is 6.92 Å². The Balaban J connectivity index is 1.78. The van der Waals surface area contributed by atoms with Crippen LogP contribution in [0.3, 0.4) is 0 Å². The molecule has 0 bridgehead atoms. The first kappa shape index (κ1) is 25.6. The van der Waals surface area contributed by atoms with Crippen LogP contribution in [0.1, 0.15) is 54.8 Å². The molecule has 1 aliphatic heterocycles. The number of esters is 1. The van der Waals surface area contributed by atoms with Crippen molar-refractivity contribution >= 4 is 16.9 Å². The van der Waals surface area contributed by atoms with E-state index < -0.39 is 29.1 Å². The standard InChI is InChI=1S/C26H26F3NO6/c1-3-34-25(33)16-7-9-17(10-8-16)35-23-21(32)18-11-12-20(31)19(14-30-13-5-4-6-15(30)2)22(18)36-24(23)26(27,28)29/h7-12,15,31H,3-6,13-14H2,1-2H3/t15-/m0/s1. The quantitative estimate of drug-likeness (QED) is 0.420. The maximum absolute atomic E-state index is 14.0. The lowest BCUT2D eigenvalue weighted by Gasteiger charge is -2.33. The van der Waals surface area contributed by atoms with Gasteiger partial charge < -0.3 is 19.0 Å². The third kappa shape index (κ3) is 5.18. The molecule has 1 atom stereocenters. The van der Waals surface area contributed by atoms with Crippen LogP contribution >= 0.6 is 0 Å². The molecule has 4 rings (SSSR count). The number of nitrogens with zero attached hydrogens (tertiary/aromatic N) is 1. The van der Waals surface area contributed by atoms with Crippen LogP contribution < -0.4 is 10.2 Å². The number of carbonyl (C=O) groups excluding carboxylic acids is 1. The van der Waals surface area contributed by atoms with Crippen LogP contribution in [0.4, 0.5) is 13.2 Å². The number of ether oxygens (including phenoxy) is 2. The van der Waals surface area contributed by atoms with E-state index in [0.717, 1.165) is 25.8 Å². The number of carbonyl (C=O) groups is 1. The molecule has 36 heavy (non-hydrogen) atoms. The van der Waals surface area contributed by atoms with Gasteiger partial charge in [-0.1, -0.05) is 6.42 Å². The Morgan fingerprint density at radius 3 is 2.53 bits per heavy atom. The Kier molecular flexibility index (Phi) is 7.26. The smallest absolute Gasteiger partial charge is 0.453 e. The highest BCUT2D eigenvalue weighted by Gasteiger charge is 2.41. The number of benzene rings is 2. The summed E-state index contributed by atoms with van der Waals surface area (Å²) in [6.07, 6.45) is -2.14. The van der Waals surface area contributed by atoms with Gasteiger partial charge >= 0.3 is 12.1 Å². The topological polar surface area (TPSA) is 89.2 Å². The molecule has 0 saturated carbocycles. The summed E-state index contributed by atoms with van der Waals surface area (Å²) in [5.41, 5.74) is -1.05. The van der Waals surface area contributed by atoms with Gasteiger partial charge in [-0.3, -0.25) is 9.69 Å². The predicted octanol–water partition coefficient (Wildman–Crippen LogP) is 5.86. The summed E-state index contributed by atoms with van der Waals surface area (Å²) in [5, 5.41) is 10.3. The van der Waals surface area contributed by atoms with Crippen molar-refractivity contribution in [1.82, 2.24) is 4.90 Å². The molecule has 0 spiro atoms. The maximum atomic E-state index is 14.0. The fourth-order valence-corrected chi connectivity index (χ4v) is 4.31. The van der Waals surface area contributed by atoms with E-state index in [9.17, 15) is 27.9 Å². The normalized spacial score (nSPS) is 16.8. The third-order valence-corrected chi connectivity index (χ3v) is 6.24. The highest BCUT2D eigenvalue weighted by Crippen LogP contribution is 2.40. The van der Waals surface area contributed by atoms with E-state index in [2.05, 4.69) is 0 Å². The molecule has 0 unspecified atom stereocenters. The second-order valence-electron chi connectivity index (χ2n) is 8.69. The van der Waals surface area contributed by atoms with Gasteiger partial charge in [0.15, 0.2) is 0 Å². The monoisotopic (exact) mass is 505 g/mol. The first-order valence-electron chi connectivity index (χ1n) is 11.7. The molecule has 1 saturated heterocycles. The van der Waals surface area contributed by atoms with E-state index >= 15 is 0 Å². The second kappa shape index (κ2) is 10.2. The number of aromatic hydroxyl groups is 1. The van der Waals surface area contributed by atoms with Gasteiger partial charge in [0.05, 0.1) is 23.1 Å². The van der Waals surface area contributed by atoms with Gasteiger partial charge in [-0.05, 0) is 69.6 Å². The molecule has 1 aliphatic rings. The Labute approximate surface area is 205 Å². The Bertz CT molecular complexity index is 1320. The fraction of sp³-hybridized carbons (Fsp3) is 0.385. The predicted molar refractivity (Wildman–Crippen MR) is 125 cm³/mol. The largest absolute Gasteiger partial charge is 0.507 e. The van der Waals surface area contributed by atoms with Crippen LogP contribution in [0.15, 0.2) is 45.6 Å². The molecule has 1 fully saturated rings. The van der Waals surface area contributed by atoms with E-state index in [-0.39, 0.29) is 52.8 Å². The zero-order chi connectivity index (χ0) is 26.0. The van der Waals surface area contributed by atoms with Gasteiger partial charge in [0, 0.05) is 12.6 Å². The number of halogens is 3. The molecule has 192 valence electrons. The molecule has 0 aliphatic carbocycles. The highest BCUT2D eigenvalue weighted by atomic mass is 19.4. The molecule has 10 heteroatoms. The number of piperidine rings is 1. The summed E-state index contributed by atoms with van der Waals surface area (Å²) in [4.78, 5) is 27.1. The number of rotatable bonds is 6. The molecule has 1 N–H and O–H groups in total. The Hall–Kier alpha value is -3.53. The summed E-state index contributed by atoms with van der Waals surface area (Å²) in [6.45, 7) is 4.68. The average Bonchev–Trinajstić information content (AvgIpc) is 2.83. The van der Waals surface area contributed by atoms with Crippen LogP contribution in [0.2, 0.25) is 0 Å². The molecule has 0 amide bonds. The van der Waals surface area contributed by atoms with Crippen molar-refractivity contribution in [2.45, 2.75) is 51.9 Å². The van der Waals surface area contributed by atoms with Crippen molar-refractivity contribution in [1.29, 1.82) is 0 Å². The molecular weight excluding hydrogens is 479 g/mol. The zero-order valence-electron chi connectivity index (χ0n) is 19.9. The van der Waals surface area contributed by atoms with E-state index in [4.69, 9.17) is 13.9 Å². The number of alkyl halides is 3. The van der Waals surface area contributed by atoms with Crippen molar-refractivity contribution in [3.05, 3.63) is 63.5 Å². The SMILES string of the molecule is CCOC(=O)c1ccc(Oc2c(C(F)(F)F)oc3c(CN4CCCC[C@@H]4C)c(O)ccc3c2=O)cc1. The summed E-state index contributed by atoms with van der Waals surface area (Å²) in [6, 6.07) is 7.82. The van der Waals surface area contributed by atoms with E-state index in [0.29, 0.717) is 0 Å². The van der Waals surface area contributed by atoms with Crippen molar-refractivity contribution in [2.75, 3.05) is 13.2 Å². The van der Waals surface area contributed by atoms with Gasteiger partial charge in [-0.2, -0.15) is 13.2 Å². The minimum Gasteiger partial charge on any atom is -0.507 e. The van der Waals surface area contributed by atoms with Crippen LogP contribution in [-0.2, 0) is 17.5 Å². The minimum absolute atomic E-state index is 0.0960. The lowest BCUT2D eigenvalue weighted by molar-refractivity contribution is -0.154. The van der Waals surface area contributed by atoms with Gasteiger partial charge in [-0.25, -0.2) is 4.79 Å². The zero-order valence-corrected chi connectivity index (χ0v) is 19.9. The Morgan fingerprint density at radius 1 is 1.17 bits per heavy atom. The number of phenols is 1. The number of phenolic OH excluding ortho intramolecular Hbond substituents is 1. The fourth-order valence-electron chi connectivity index (χ4n) is 4.31. The summed E-state index contributed by atoms with van der Waals surface area (Å²) < 4.78 is 57.6. The number of likely N-dealkylation sites (tertiary alicyclic amines) is 1. The maximum Gasteiger partial charge on any atom is 0.453 e. The van der Waals surface area contributed by atoms with Crippen molar-refractivity contribution in [3.8, 4) is 17.2 Å². The lowest BCUT2D eigenvalue weighted by atomic mass is 10.0. The molecular formula is C26H26F3NO6. The van der Waals surface area contributed by atoms with Crippen LogP contribution in [-0.4, -0.2) is 35.2 Å². The van der Waals surface area contributed by atoms with Crippen LogP contribution in [0.25, 0.3) is 11.0 Å². The molecule has 1 aromatic heterocycles. The Morgan fingerprint density at radius 2 is 1.89 bits per heavy atom. The van der Waals surface area contributed by atoms with Gasteiger partial charge in [0.2, 0.25) is 11.2 Å². The first-order chi connectivity index (χ1) is 17.1. The summed E-state index contributed by atoms with van der Waals surface area (Å²) >= 11 is 0. The summed E-state index contributed by atoms with van der Waals surface area (Å²) in [5.74, 6) is -3.57. The van der Waals surface area contributed by atoms with Crippen molar-refractivity contribution in [3.63, 3.8) is 0 Å². The van der Waals surface area contributed by atoms with Gasteiger partial charge in [0.1, 0.15) is 17.1 Å². The first-order valence-corrected chi connectivity index (χ1v) is 11.7. The molecule has 3 aromatic rings. The number of hydrogen-bond acceptors (Lipinski definition) is 7. The van der Waals surface area contributed by atoms with Crippen LogP contribution in [0.5, 0.6) is 17.2 Å². The third-order valence-electron chi connectivity index (χ3n) is 6.24. The minimum atomic E-state index is -5.05. The molecule has 7 nitrogen and oxygen atoms in total. The highest BCUT2D eigenvalue weighted by molar-refractivity contribution is 5.89. The second-order valence-corrected chi connectivity index (χ2v) is 8.69. The molecule has 2 aromatic carbocycles. The lowest BCUT2D eigenvalue weighted by Crippen LogP contribution is -2.36.